The van der Waals surface area contributed by atoms with Crippen LogP contribution in [0, 0.1) is 5.41 Å². The van der Waals surface area contributed by atoms with Gasteiger partial charge in [-0.2, -0.15) is 8.42 Å². The molecule has 0 aliphatic heterocycles. The van der Waals surface area contributed by atoms with Gasteiger partial charge in [0.25, 0.3) is 10.1 Å². The fourth-order valence-corrected chi connectivity index (χ4v) is 4.03. The molecule has 0 rings (SSSR count). The van der Waals surface area contributed by atoms with Crippen LogP contribution >= 0.6 is 0 Å². The first-order chi connectivity index (χ1) is 18.5. The zero-order valence-electron chi connectivity index (χ0n) is 23.0. The summed E-state index contributed by atoms with van der Waals surface area (Å²) < 4.78 is 41.0. The van der Waals surface area contributed by atoms with Crippen molar-refractivity contribution in [2.24, 2.45) is 5.41 Å². The van der Waals surface area contributed by atoms with E-state index >= 15 is 0 Å². The van der Waals surface area contributed by atoms with E-state index in [0.29, 0.717) is 6.42 Å². The van der Waals surface area contributed by atoms with Gasteiger partial charge in [0.2, 0.25) is 0 Å². The minimum absolute atomic E-state index is 0.145. The first-order valence-corrected chi connectivity index (χ1v) is 15.0. The minimum atomic E-state index is -5.05. The van der Waals surface area contributed by atoms with Crippen molar-refractivity contribution >= 4 is 28.0 Å². The maximum absolute atomic E-state index is 12.1. The monoisotopic (exact) mass is 578 g/mol. The Labute approximate surface area is 232 Å². The van der Waals surface area contributed by atoms with Crippen LogP contribution in [-0.2, 0) is 34.0 Å². The molecule has 0 fully saturated rings. The second-order valence-corrected chi connectivity index (χ2v) is 11.3. The molecule has 12 heteroatoms. The van der Waals surface area contributed by atoms with E-state index in [0.717, 1.165) is 44.9 Å². The predicted molar refractivity (Wildman–Crippen MR) is 145 cm³/mol. The Hall–Kier alpha value is -2.28. The number of allylic oxidation sites excluding steroid dienone is 4. The highest BCUT2D eigenvalue weighted by molar-refractivity contribution is 7.87. The van der Waals surface area contributed by atoms with Gasteiger partial charge >= 0.3 is 17.9 Å². The SMILES string of the molecule is CCCCC/C=C\C/C=C\CCCCCCCC(=O)OCC(CO)(CO)COC(=O)CC(C(=O)O)S(=O)(=O)O. The van der Waals surface area contributed by atoms with E-state index in [1.54, 1.807) is 0 Å². The van der Waals surface area contributed by atoms with E-state index in [9.17, 15) is 33.0 Å². The van der Waals surface area contributed by atoms with Crippen LogP contribution in [0.4, 0.5) is 0 Å². The molecule has 0 radical (unpaired) electrons. The van der Waals surface area contributed by atoms with E-state index in [2.05, 4.69) is 31.2 Å². The highest BCUT2D eigenvalue weighted by Gasteiger charge is 2.36. The number of hydrogen-bond acceptors (Lipinski definition) is 9. The minimum Gasteiger partial charge on any atom is -0.480 e. The fraction of sp³-hybridized carbons (Fsp3) is 0.741. The Morgan fingerprint density at radius 1 is 0.795 bits per heavy atom. The number of carbonyl (C=O) groups excluding carboxylic acids is 2. The molecule has 0 aromatic carbocycles. The second kappa shape index (κ2) is 21.5. The molecule has 1 unspecified atom stereocenters. The maximum atomic E-state index is 12.1. The van der Waals surface area contributed by atoms with Gasteiger partial charge in [0.05, 0.1) is 25.0 Å². The molecule has 0 heterocycles. The number of ether oxygens (including phenoxy) is 2. The molecule has 0 aromatic heterocycles. The number of carboxylic acid groups (broad SMARTS) is 1. The van der Waals surface area contributed by atoms with E-state index in [1.807, 2.05) is 0 Å². The largest absolute Gasteiger partial charge is 0.480 e. The number of unbranched alkanes of at least 4 members (excludes halogenated alkanes) is 8. The van der Waals surface area contributed by atoms with E-state index in [1.165, 1.54) is 19.3 Å². The molecule has 0 amide bonds. The van der Waals surface area contributed by atoms with Gasteiger partial charge in [0, 0.05) is 6.42 Å². The molecule has 0 saturated heterocycles. The molecular weight excluding hydrogens is 532 g/mol. The number of aliphatic carboxylic acids is 1. The van der Waals surface area contributed by atoms with Crippen molar-refractivity contribution in [1.29, 1.82) is 0 Å². The maximum Gasteiger partial charge on any atom is 0.325 e. The molecular formula is C27H46O11S. The molecule has 0 aliphatic rings. The number of esters is 2. The summed E-state index contributed by atoms with van der Waals surface area (Å²) >= 11 is 0. The van der Waals surface area contributed by atoms with Crippen LogP contribution in [0.2, 0.25) is 0 Å². The first-order valence-electron chi connectivity index (χ1n) is 13.5. The zero-order valence-corrected chi connectivity index (χ0v) is 23.8. The van der Waals surface area contributed by atoms with Crippen molar-refractivity contribution in [3.63, 3.8) is 0 Å². The normalized spacial score (nSPS) is 13.1. The summed E-state index contributed by atoms with van der Waals surface area (Å²) in [5.41, 5.74) is -1.56. The van der Waals surface area contributed by atoms with Crippen LogP contribution in [0.5, 0.6) is 0 Å². The highest BCUT2D eigenvalue weighted by Crippen LogP contribution is 2.19. The number of aliphatic hydroxyl groups is 2. The summed E-state index contributed by atoms with van der Waals surface area (Å²) in [5, 5.41) is 25.7. The topological polar surface area (TPSA) is 185 Å². The molecule has 0 bridgehead atoms. The van der Waals surface area contributed by atoms with Gasteiger partial charge in [0.15, 0.2) is 5.25 Å². The highest BCUT2D eigenvalue weighted by atomic mass is 32.2. The van der Waals surface area contributed by atoms with Gasteiger partial charge < -0.3 is 24.8 Å². The number of aliphatic hydroxyl groups excluding tert-OH is 2. The van der Waals surface area contributed by atoms with Gasteiger partial charge in [-0.1, -0.05) is 63.3 Å². The Bertz CT molecular complexity index is 861. The number of carbonyl (C=O) groups is 3. The molecule has 226 valence electrons. The molecule has 4 N–H and O–H groups in total. The summed E-state index contributed by atoms with van der Waals surface area (Å²) in [6, 6.07) is 0. The average molecular weight is 579 g/mol. The van der Waals surface area contributed by atoms with Gasteiger partial charge in [0.1, 0.15) is 13.2 Å². The van der Waals surface area contributed by atoms with Crippen LogP contribution in [0.25, 0.3) is 0 Å². The van der Waals surface area contributed by atoms with Crippen molar-refractivity contribution < 1.29 is 52.1 Å². The first kappa shape index (κ1) is 36.7. The lowest BCUT2D eigenvalue weighted by Gasteiger charge is -2.28. The van der Waals surface area contributed by atoms with E-state index < -0.39 is 71.5 Å². The van der Waals surface area contributed by atoms with Gasteiger partial charge in [-0.15, -0.1) is 0 Å². The number of hydrogen-bond donors (Lipinski definition) is 4. The molecule has 11 nitrogen and oxygen atoms in total. The van der Waals surface area contributed by atoms with E-state index in [4.69, 9.17) is 19.1 Å². The average Bonchev–Trinajstić information content (AvgIpc) is 2.89. The lowest BCUT2D eigenvalue weighted by Crippen LogP contribution is -2.41. The van der Waals surface area contributed by atoms with Crippen molar-refractivity contribution in [2.45, 2.75) is 95.6 Å². The summed E-state index contributed by atoms with van der Waals surface area (Å²) in [6.45, 7) is -0.383. The lowest BCUT2D eigenvalue weighted by molar-refractivity contribution is -0.160. The van der Waals surface area contributed by atoms with Crippen LogP contribution in [-0.4, -0.2) is 77.9 Å². The Kier molecular flexibility index (Phi) is 20.3. The van der Waals surface area contributed by atoms with Crippen LogP contribution in [0.3, 0.4) is 0 Å². The van der Waals surface area contributed by atoms with E-state index in [-0.39, 0.29) is 6.42 Å². The summed E-state index contributed by atoms with van der Waals surface area (Å²) in [6.07, 6.45) is 19.2. The van der Waals surface area contributed by atoms with Crippen molar-refractivity contribution in [1.82, 2.24) is 0 Å². The number of rotatable bonds is 24. The molecule has 0 aliphatic carbocycles. The van der Waals surface area contributed by atoms with Gasteiger partial charge in [-0.05, 0) is 38.5 Å². The van der Waals surface area contributed by atoms with Crippen LogP contribution in [0.1, 0.15) is 90.4 Å². The van der Waals surface area contributed by atoms with Gasteiger partial charge in [-0.3, -0.25) is 18.9 Å². The molecule has 0 spiro atoms. The Morgan fingerprint density at radius 2 is 1.31 bits per heavy atom. The van der Waals surface area contributed by atoms with Crippen LogP contribution < -0.4 is 0 Å². The zero-order chi connectivity index (χ0) is 29.6. The van der Waals surface area contributed by atoms with Crippen molar-refractivity contribution in [2.75, 3.05) is 26.4 Å². The fourth-order valence-electron chi connectivity index (χ4n) is 3.42. The third kappa shape index (κ3) is 18.6. The van der Waals surface area contributed by atoms with Crippen molar-refractivity contribution in [3.05, 3.63) is 24.3 Å². The molecule has 0 aromatic rings. The molecule has 1 atom stereocenters. The third-order valence-electron chi connectivity index (χ3n) is 6.07. The van der Waals surface area contributed by atoms with Crippen LogP contribution in [0.15, 0.2) is 24.3 Å². The Balaban J connectivity index is 4.16. The standard InChI is InChI=1S/C27H46O11S/c1-2-3-4-5-6-7-8-9-10-11-12-13-14-15-16-17-24(30)37-21-27(19-28,20-29)22-38-25(31)18-23(26(32)33)39(34,35)36/h6-7,9-10,23,28-29H,2-5,8,11-22H2,1H3,(H,32,33)(H,34,35,36)/b7-6-,10-9-. The summed E-state index contributed by atoms with van der Waals surface area (Å²) in [5.74, 6) is -3.77. The molecule has 39 heavy (non-hydrogen) atoms. The van der Waals surface area contributed by atoms with Gasteiger partial charge in [-0.25, -0.2) is 0 Å². The Morgan fingerprint density at radius 3 is 1.82 bits per heavy atom. The smallest absolute Gasteiger partial charge is 0.325 e. The molecule has 0 saturated carbocycles. The predicted octanol–water partition coefficient (Wildman–Crippen LogP) is 3.59. The summed E-state index contributed by atoms with van der Waals surface area (Å²) in [4.78, 5) is 34.8. The second-order valence-electron chi connectivity index (χ2n) is 9.66. The third-order valence-corrected chi connectivity index (χ3v) is 7.16. The quantitative estimate of drug-likeness (QED) is 0.0568. The van der Waals surface area contributed by atoms with Crippen molar-refractivity contribution in [3.8, 4) is 0 Å². The summed E-state index contributed by atoms with van der Waals surface area (Å²) in [7, 11) is -5.05. The number of carboxylic acids is 1. The lowest BCUT2D eigenvalue weighted by atomic mass is 9.92.